The molecule has 6 heteroatoms. The van der Waals surface area contributed by atoms with Gasteiger partial charge in [-0.15, -0.1) is 0 Å². The van der Waals surface area contributed by atoms with Crippen molar-refractivity contribution in [2.45, 2.75) is 51.7 Å². The summed E-state index contributed by atoms with van der Waals surface area (Å²) in [5.74, 6) is 0.952. The van der Waals surface area contributed by atoms with Crippen molar-refractivity contribution in [3.63, 3.8) is 0 Å². The molecular weight excluding hydrogens is 340 g/mol. The number of amides is 1. The Labute approximate surface area is 162 Å². The summed E-state index contributed by atoms with van der Waals surface area (Å²) < 4.78 is 5.51. The van der Waals surface area contributed by atoms with E-state index in [1.165, 1.54) is 5.56 Å². The molecule has 6 nitrogen and oxygen atoms in total. The van der Waals surface area contributed by atoms with Gasteiger partial charge in [-0.2, -0.15) is 0 Å². The van der Waals surface area contributed by atoms with E-state index < -0.39 is 5.60 Å². The number of nitrogens with one attached hydrogen (secondary N) is 1. The van der Waals surface area contributed by atoms with E-state index in [-0.39, 0.29) is 17.6 Å². The fourth-order valence-electron chi connectivity index (χ4n) is 3.51. The van der Waals surface area contributed by atoms with E-state index in [0.29, 0.717) is 19.6 Å². The summed E-state index contributed by atoms with van der Waals surface area (Å²) in [7, 11) is 0. The van der Waals surface area contributed by atoms with E-state index in [0.717, 1.165) is 19.0 Å². The number of aliphatic imine (C=N–C) groups is 1. The van der Waals surface area contributed by atoms with Crippen LogP contribution in [0.25, 0.3) is 0 Å². The van der Waals surface area contributed by atoms with E-state index in [4.69, 9.17) is 9.73 Å². The highest BCUT2D eigenvalue weighted by atomic mass is 16.6. The lowest BCUT2D eigenvalue weighted by molar-refractivity contribution is 0.0137. The van der Waals surface area contributed by atoms with Crippen molar-refractivity contribution in [2.75, 3.05) is 32.7 Å². The van der Waals surface area contributed by atoms with Gasteiger partial charge in [0.1, 0.15) is 5.60 Å². The molecule has 1 N–H and O–H groups in total. The largest absolute Gasteiger partial charge is 0.444 e. The Morgan fingerprint density at radius 1 is 1.19 bits per heavy atom. The van der Waals surface area contributed by atoms with Crippen molar-refractivity contribution in [3.8, 4) is 0 Å². The van der Waals surface area contributed by atoms with Crippen LogP contribution in [0.4, 0.5) is 4.79 Å². The van der Waals surface area contributed by atoms with Gasteiger partial charge in [-0.3, -0.25) is 4.99 Å². The van der Waals surface area contributed by atoms with Crippen molar-refractivity contribution in [2.24, 2.45) is 4.99 Å². The zero-order chi connectivity index (χ0) is 19.7. The third kappa shape index (κ3) is 4.73. The molecule has 0 bridgehead atoms. The van der Waals surface area contributed by atoms with Crippen molar-refractivity contribution in [1.82, 2.24) is 15.1 Å². The predicted molar refractivity (Wildman–Crippen MR) is 108 cm³/mol. The molecular formula is C21H32N4O2. The second-order valence-electron chi connectivity index (χ2n) is 9.04. The van der Waals surface area contributed by atoms with E-state index in [9.17, 15) is 4.79 Å². The van der Waals surface area contributed by atoms with Crippen LogP contribution in [-0.2, 0) is 10.2 Å². The first-order valence-electron chi connectivity index (χ1n) is 9.74. The van der Waals surface area contributed by atoms with Gasteiger partial charge in [-0.1, -0.05) is 44.2 Å². The first-order chi connectivity index (χ1) is 12.7. The van der Waals surface area contributed by atoms with Gasteiger partial charge in [0, 0.05) is 31.6 Å². The lowest BCUT2D eigenvalue weighted by atomic mass is 9.85. The second-order valence-corrected chi connectivity index (χ2v) is 9.04. The average Bonchev–Trinajstić information content (AvgIpc) is 3.02. The molecule has 148 valence electrons. The number of piperazine rings is 1. The number of benzene rings is 1. The summed E-state index contributed by atoms with van der Waals surface area (Å²) in [6.45, 7) is 13.8. The van der Waals surface area contributed by atoms with Crippen LogP contribution in [0.1, 0.15) is 40.2 Å². The minimum atomic E-state index is -0.462. The van der Waals surface area contributed by atoms with E-state index in [1.54, 1.807) is 4.90 Å². The van der Waals surface area contributed by atoms with Crippen LogP contribution in [0, 0.1) is 0 Å². The Balaban J connectivity index is 1.54. The monoisotopic (exact) mass is 372 g/mol. The van der Waals surface area contributed by atoms with Crippen molar-refractivity contribution in [3.05, 3.63) is 35.9 Å². The number of ether oxygens (including phenoxy) is 1. The molecule has 0 saturated carbocycles. The van der Waals surface area contributed by atoms with Crippen LogP contribution in [0.2, 0.25) is 0 Å². The molecule has 27 heavy (non-hydrogen) atoms. The predicted octanol–water partition coefficient (Wildman–Crippen LogP) is 2.84. The molecule has 1 aromatic carbocycles. The molecule has 2 aliphatic rings. The standard InChI is InChI=1S/C21H32N4O2/c1-20(2,3)27-19(26)24-11-12-25-17(14-24)13-22-18(25)23-15-21(4,5)16-9-7-6-8-10-16/h6-10,17H,11-15H2,1-5H3,(H,22,23). The maximum Gasteiger partial charge on any atom is 0.410 e. The Bertz CT molecular complexity index is 694. The summed E-state index contributed by atoms with van der Waals surface area (Å²) >= 11 is 0. The molecule has 1 amide bonds. The van der Waals surface area contributed by atoms with Crippen LogP contribution >= 0.6 is 0 Å². The van der Waals surface area contributed by atoms with Gasteiger partial charge >= 0.3 is 6.09 Å². The SMILES string of the molecule is CC(C)(C)OC(=O)N1CCN2C(NCC(C)(C)c3ccccc3)=NCC2C1. The zero-order valence-corrected chi connectivity index (χ0v) is 17.2. The molecule has 0 radical (unpaired) electrons. The minimum absolute atomic E-state index is 0.0141. The Kier molecular flexibility index (Phi) is 5.36. The normalized spacial score (nSPS) is 20.2. The van der Waals surface area contributed by atoms with Gasteiger partial charge in [-0.05, 0) is 26.3 Å². The average molecular weight is 373 g/mol. The summed E-state index contributed by atoms with van der Waals surface area (Å²) in [6.07, 6.45) is -0.228. The van der Waals surface area contributed by atoms with Gasteiger partial charge in [-0.25, -0.2) is 4.79 Å². The maximum atomic E-state index is 12.3. The fraction of sp³-hybridized carbons (Fsp3) is 0.619. The Hall–Kier alpha value is -2.24. The number of carbonyl (C=O) groups is 1. The fourth-order valence-corrected chi connectivity index (χ4v) is 3.51. The van der Waals surface area contributed by atoms with E-state index in [1.807, 2.05) is 26.8 Å². The Morgan fingerprint density at radius 2 is 1.89 bits per heavy atom. The minimum Gasteiger partial charge on any atom is -0.444 e. The van der Waals surface area contributed by atoms with Crippen LogP contribution in [0.3, 0.4) is 0 Å². The van der Waals surface area contributed by atoms with Crippen LogP contribution in [0.15, 0.2) is 35.3 Å². The highest BCUT2D eigenvalue weighted by molar-refractivity contribution is 5.82. The van der Waals surface area contributed by atoms with Crippen LogP contribution < -0.4 is 5.32 Å². The van der Waals surface area contributed by atoms with E-state index in [2.05, 4.69) is 48.3 Å². The molecule has 0 aliphatic carbocycles. The molecule has 1 unspecified atom stereocenters. The summed E-state index contributed by atoms with van der Waals surface area (Å²) in [4.78, 5) is 21.1. The third-order valence-corrected chi connectivity index (χ3v) is 5.10. The molecule has 0 aromatic heterocycles. The quantitative estimate of drug-likeness (QED) is 0.886. The van der Waals surface area contributed by atoms with Gasteiger partial charge in [0.15, 0.2) is 5.96 Å². The highest BCUT2D eigenvalue weighted by Crippen LogP contribution is 2.23. The van der Waals surface area contributed by atoms with Gasteiger partial charge in [0.25, 0.3) is 0 Å². The summed E-state index contributed by atoms with van der Waals surface area (Å²) in [6, 6.07) is 10.8. The molecule has 1 aromatic rings. The first-order valence-corrected chi connectivity index (χ1v) is 9.74. The molecule has 3 rings (SSSR count). The Morgan fingerprint density at radius 3 is 2.56 bits per heavy atom. The first kappa shape index (κ1) is 19.5. The van der Waals surface area contributed by atoms with Crippen LogP contribution in [0.5, 0.6) is 0 Å². The van der Waals surface area contributed by atoms with Gasteiger partial charge in [0.05, 0.1) is 12.6 Å². The number of rotatable bonds is 3. The third-order valence-electron chi connectivity index (χ3n) is 5.10. The molecule has 1 fully saturated rings. The second kappa shape index (κ2) is 7.41. The van der Waals surface area contributed by atoms with Crippen molar-refractivity contribution < 1.29 is 9.53 Å². The molecule has 0 spiro atoms. The highest BCUT2D eigenvalue weighted by Gasteiger charge is 2.36. The molecule has 2 aliphatic heterocycles. The topological polar surface area (TPSA) is 57.2 Å². The smallest absolute Gasteiger partial charge is 0.410 e. The zero-order valence-electron chi connectivity index (χ0n) is 17.2. The number of hydrogen-bond acceptors (Lipinski definition) is 5. The molecule has 1 atom stereocenters. The molecule has 2 heterocycles. The maximum absolute atomic E-state index is 12.3. The summed E-state index contributed by atoms with van der Waals surface area (Å²) in [5, 5.41) is 3.54. The number of nitrogens with zero attached hydrogens (tertiary/aromatic N) is 3. The van der Waals surface area contributed by atoms with Crippen molar-refractivity contribution in [1.29, 1.82) is 0 Å². The number of fused-ring (bicyclic) bond motifs is 1. The van der Waals surface area contributed by atoms with Gasteiger partial charge in [0.2, 0.25) is 0 Å². The lowest BCUT2D eigenvalue weighted by Gasteiger charge is -2.39. The lowest BCUT2D eigenvalue weighted by Crippen LogP contribution is -2.58. The van der Waals surface area contributed by atoms with Crippen molar-refractivity contribution >= 4 is 12.1 Å². The summed E-state index contributed by atoms with van der Waals surface area (Å²) in [5.41, 5.74) is 0.860. The number of guanidine groups is 1. The number of hydrogen-bond donors (Lipinski definition) is 1. The van der Waals surface area contributed by atoms with Crippen LogP contribution in [-0.4, -0.2) is 66.2 Å². The van der Waals surface area contributed by atoms with Gasteiger partial charge < -0.3 is 19.9 Å². The van der Waals surface area contributed by atoms with E-state index >= 15 is 0 Å². The molecule has 1 saturated heterocycles. The number of carbonyl (C=O) groups excluding carboxylic acids is 1.